The highest BCUT2D eigenvalue weighted by atomic mass is 16.3. The van der Waals surface area contributed by atoms with Gasteiger partial charge in [0.2, 0.25) is 5.91 Å². The van der Waals surface area contributed by atoms with Crippen molar-refractivity contribution in [1.29, 1.82) is 0 Å². The van der Waals surface area contributed by atoms with Gasteiger partial charge in [0, 0.05) is 31.1 Å². The maximum absolute atomic E-state index is 12.8. The lowest BCUT2D eigenvalue weighted by molar-refractivity contribution is -0.117. The Morgan fingerprint density at radius 1 is 1.09 bits per heavy atom. The summed E-state index contributed by atoms with van der Waals surface area (Å²) in [4.78, 5) is 16.7. The summed E-state index contributed by atoms with van der Waals surface area (Å²) in [5.74, 6) is 0.108. The number of hydrogen-bond acceptors (Lipinski definition) is 3. The molecular weight excluding hydrogens is 288 g/mol. The van der Waals surface area contributed by atoms with E-state index >= 15 is 0 Å². The summed E-state index contributed by atoms with van der Waals surface area (Å²) in [6.07, 6.45) is 1.57. The molecule has 2 aromatic rings. The minimum absolute atomic E-state index is 0.108. The summed E-state index contributed by atoms with van der Waals surface area (Å²) in [6.45, 7) is 1.88. The van der Waals surface area contributed by atoms with Crippen LogP contribution >= 0.6 is 0 Å². The van der Waals surface area contributed by atoms with E-state index in [4.69, 9.17) is 5.11 Å². The summed E-state index contributed by atoms with van der Waals surface area (Å²) in [5, 5.41) is 9.12. The monoisotopic (exact) mass is 310 g/mol. The summed E-state index contributed by atoms with van der Waals surface area (Å²) in [5.41, 5.74) is 3.29. The average molecular weight is 310 g/mol. The zero-order valence-electron chi connectivity index (χ0n) is 13.2. The van der Waals surface area contributed by atoms with Gasteiger partial charge in [-0.3, -0.25) is 4.79 Å². The topological polar surface area (TPSA) is 43.8 Å². The van der Waals surface area contributed by atoms with Crippen LogP contribution in [0.2, 0.25) is 0 Å². The van der Waals surface area contributed by atoms with E-state index < -0.39 is 0 Å². The molecule has 1 aliphatic rings. The van der Waals surface area contributed by atoms with Gasteiger partial charge < -0.3 is 14.9 Å². The van der Waals surface area contributed by atoms with Gasteiger partial charge >= 0.3 is 0 Å². The van der Waals surface area contributed by atoms with E-state index in [1.54, 1.807) is 0 Å². The molecule has 23 heavy (non-hydrogen) atoms. The SMILES string of the molecule is O=C(CN(CCCO)c1ccccc1)N1CCc2ccccc21. The van der Waals surface area contributed by atoms with Crippen LogP contribution in [0, 0.1) is 0 Å². The van der Waals surface area contributed by atoms with Crippen molar-refractivity contribution >= 4 is 17.3 Å². The molecule has 3 rings (SSSR count). The minimum atomic E-state index is 0.108. The van der Waals surface area contributed by atoms with E-state index in [9.17, 15) is 4.79 Å². The van der Waals surface area contributed by atoms with Crippen LogP contribution in [0.3, 0.4) is 0 Å². The Morgan fingerprint density at radius 3 is 2.61 bits per heavy atom. The molecule has 0 saturated carbocycles. The zero-order valence-corrected chi connectivity index (χ0v) is 13.2. The fraction of sp³-hybridized carbons (Fsp3) is 0.316. The van der Waals surface area contributed by atoms with Crippen molar-refractivity contribution in [2.45, 2.75) is 12.8 Å². The molecule has 1 N–H and O–H groups in total. The molecule has 0 bridgehead atoms. The Hall–Kier alpha value is -2.33. The summed E-state index contributed by atoms with van der Waals surface area (Å²) < 4.78 is 0. The van der Waals surface area contributed by atoms with Gasteiger partial charge in [0.25, 0.3) is 0 Å². The molecule has 1 heterocycles. The van der Waals surface area contributed by atoms with E-state index in [0.29, 0.717) is 19.5 Å². The number of aliphatic hydroxyl groups excluding tert-OH is 1. The molecule has 0 unspecified atom stereocenters. The second-order valence-corrected chi connectivity index (χ2v) is 5.76. The van der Waals surface area contributed by atoms with Gasteiger partial charge in [-0.1, -0.05) is 36.4 Å². The summed E-state index contributed by atoms with van der Waals surface area (Å²) >= 11 is 0. The second kappa shape index (κ2) is 7.29. The third-order valence-electron chi connectivity index (χ3n) is 4.22. The predicted molar refractivity (Wildman–Crippen MR) is 92.9 cm³/mol. The Kier molecular flexibility index (Phi) is 4.93. The van der Waals surface area contributed by atoms with Crippen LogP contribution in [0.4, 0.5) is 11.4 Å². The zero-order chi connectivity index (χ0) is 16.1. The van der Waals surface area contributed by atoms with Crippen LogP contribution in [0.5, 0.6) is 0 Å². The first-order chi connectivity index (χ1) is 11.3. The number of hydrogen-bond donors (Lipinski definition) is 1. The van der Waals surface area contributed by atoms with Crippen LogP contribution in [0.25, 0.3) is 0 Å². The maximum atomic E-state index is 12.8. The van der Waals surface area contributed by atoms with Crippen molar-refractivity contribution in [2.24, 2.45) is 0 Å². The Morgan fingerprint density at radius 2 is 1.83 bits per heavy atom. The van der Waals surface area contributed by atoms with E-state index in [1.807, 2.05) is 58.3 Å². The maximum Gasteiger partial charge on any atom is 0.246 e. The second-order valence-electron chi connectivity index (χ2n) is 5.76. The van der Waals surface area contributed by atoms with Gasteiger partial charge in [-0.15, -0.1) is 0 Å². The highest BCUT2D eigenvalue weighted by Crippen LogP contribution is 2.27. The smallest absolute Gasteiger partial charge is 0.246 e. The molecule has 0 atom stereocenters. The Balaban J connectivity index is 1.74. The van der Waals surface area contributed by atoms with Gasteiger partial charge in [-0.05, 0) is 36.6 Å². The van der Waals surface area contributed by atoms with Crippen molar-refractivity contribution in [3.63, 3.8) is 0 Å². The van der Waals surface area contributed by atoms with E-state index in [0.717, 1.165) is 24.3 Å². The molecule has 1 amide bonds. The number of anilines is 2. The van der Waals surface area contributed by atoms with Crippen LogP contribution in [-0.4, -0.2) is 37.3 Å². The fourth-order valence-corrected chi connectivity index (χ4v) is 3.05. The van der Waals surface area contributed by atoms with Crippen LogP contribution in [-0.2, 0) is 11.2 Å². The molecule has 0 fully saturated rings. The third kappa shape index (κ3) is 3.54. The Labute approximate surface area is 137 Å². The standard InChI is InChI=1S/C19H22N2O2/c22-14-6-12-20(17-8-2-1-3-9-17)15-19(23)21-13-11-16-7-4-5-10-18(16)21/h1-5,7-10,22H,6,11-15H2. The van der Waals surface area contributed by atoms with Crippen LogP contribution < -0.4 is 9.80 Å². The first kappa shape index (κ1) is 15.6. The number of fused-ring (bicyclic) bond motifs is 1. The van der Waals surface area contributed by atoms with E-state index in [1.165, 1.54) is 5.56 Å². The van der Waals surface area contributed by atoms with Gasteiger partial charge in [-0.25, -0.2) is 0 Å². The number of carbonyl (C=O) groups excluding carboxylic acids is 1. The molecule has 0 aromatic heterocycles. The van der Waals surface area contributed by atoms with Crippen molar-refractivity contribution in [2.75, 3.05) is 36.0 Å². The fourth-order valence-electron chi connectivity index (χ4n) is 3.05. The van der Waals surface area contributed by atoms with Crippen molar-refractivity contribution in [3.05, 3.63) is 60.2 Å². The van der Waals surface area contributed by atoms with Crippen molar-refractivity contribution in [3.8, 4) is 0 Å². The van der Waals surface area contributed by atoms with Gasteiger partial charge in [-0.2, -0.15) is 0 Å². The number of aliphatic hydroxyl groups is 1. The average Bonchev–Trinajstić information content (AvgIpc) is 3.03. The lowest BCUT2D eigenvalue weighted by atomic mass is 10.2. The number of benzene rings is 2. The molecule has 4 nitrogen and oxygen atoms in total. The Bertz CT molecular complexity index is 657. The molecule has 2 aromatic carbocycles. The molecule has 0 saturated heterocycles. The number of amides is 1. The van der Waals surface area contributed by atoms with Crippen molar-refractivity contribution in [1.82, 2.24) is 0 Å². The van der Waals surface area contributed by atoms with Gasteiger partial charge in [0.1, 0.15) is 0 Å². The van der Waals surface area contributed by atoms with E-state index in [-0.39, 0.29) is 12.5 Å². The summed E-state index contributed by atoms with van der Waals surface area (Å²) in [6, 6.07) is 18.0. The molecule has 120 valence electrons. The lowest BCUT2D eigenvalue weighted by Gasteiger charge is -2.27. The molecule has 4 heteroatoms. The van der Waals surface area contributed by atoms with Crippen LogP contribution in [0.1, 0.15) is 12.0 Å². The highest BCUT2D eigenvalue weighted by molar-refractivity contribution is 5.98. The van der Waals surface area contributed by atoms with Crippen LogP contribution in [0.15, 0.2) is 54.6 Å². The quantitative estimate of drug-likeness (QED) is 0.891. The van der Waals surface area contributed by atoms with Gasteiger partial charge in [0.15, 0.2) is 0 Å². The molecular formula is C19H22N2O2. The first-order valence-electron chi connectivity index (χ1n) is 8.08. The largest absolute Gasteiger partial charge is 0.396 e. The molecule has 0 spiro atoms. The predicted octanol–water partition coefficient (Wildman–Crippen LogP) is 2.46. The molecule has 0 radical (unpaired) electrons. The number of nitrogens with zero attached hydrogens (tertiary/aromatic N) is 2. The number of rotatable bonds is 6. The molecule has 0 aliphatic carbocycles. The normalized spacial score (nSPS) is 13.0. The number of carbonyl (C=O) groups is 1. The molecule has 1 aliphatic heterocycles. The van der Waals surface area contributed by atoms with Crippen molar-refractivity contribution < 1.29 is 9.90 Å². The third-order valence-corrected chi connectivity index (χ3v) is 4.22. The first-order valence-corrected chi connectivity index (χ1v) is 8.08. The highest BCUT2D eigenvalue weighted by Gasteiger charge is 2.25. The lowest BCUT2D eigenvalue weighted by Crippen LogP contribution is -2.40. The minimum Gasteiger partial charge on any atom is -0.396 e. The van der Waals surface area contributed by atoms with E-state index in [2.05, 4.69) is 6.07 Å². The summed E-state index contributed by atoms with van der Waals surface area (Å²) in [7, 11) is 0. The number of para-hydroxylation sites is 2. The van der Waals surface area contributed by atoms with Gasteiger partial charge in [0.05, 0.1) is 6.54 Å².